The van der Waals surface area contributed by atoms with Gasteiger partial charge in [-0.1, -0.05) is 31.4 Å². The number of allylic oxidation sites excluding steroid dienone is 2. The molecule has 0 radical (unpaired) electrons. The van der Waals surface area contributed by atoms with Gasteiger partial charge >= 0.3 is 5.97 Å². The third kappa shape index (κ3) is 5.20. The van der Waals surface area contributed by atoms with Gasteiger partial charge in [0.15, 0.2) is 0 Å². The predicted octanol–water partition coefficient (Wildman–Crippen LogP) is 5.76. The van der Waals surface area contributed by atoms with Gasteiger partial charge in [0.1, 0.15) is 0 Å². The summed E-state index contributed by atoms with van der Waals surface area (Å²) in [6.45, 7) is 0. The molecule has 1 N–H and O–H groups in total. The lowest BCUT2D eigenvalue weighted by molar-refractivity contribution is -0.137. The minimum Gasteiger partial charge on any atom is -0.481 e. The summed E-state index contributed by atoms with van der Waals surface area (Å²) in [4.78, 5) is 10.5. The van der Waals surface area contributed by atoms with E-state index in [1.54, 1.807) is 0 Å². The lowest BCUT2D eigenvalue weighted by atomic mass is 9.78. The summed E-state index contributed by atoms with van der Waals surface area (Å²) in [7, 11) is 0. The molecule has 1 saturated carbocycles. The van der Waals surface area contributed by atoms with Crippen LogP contribution in [-0.4, -0.2) is 32.6 Å². The first-order valence-electron chi connectivity index (χ1n) is 9.88. The van der Waals surface area contributed by atoms with Crippen molar-refractivity contribution in [3.05, 3.63) is 12.2 Å². The molecule has 3 rings (SSSR count). The van der Waals surface area contributed by atoms with Gasteiger partial charge in [0.25, 0.3) is 0 Å². The van der Waals surface area contributed by atoms with E-state index in [0.29, 0.717) is 6.42 Å². The molecule has 0 unspecified atom stereocenters. The van der Waals surface area contributed by atoms with Crippen LogP contribution in [0.15, 0.2) is 12.2 Å². The highest BCUT2D eigenvalue weighted by Crippen LogP contribution is 2.55. The maximum atomic E-state index is 10.5. The average Bonchev–Trinajstić information content (AvgIpc) is 3.18. The van der Waals surface area contributed by atoms with Crippen LogP contribution in [0.3, 0.4) is 0 Å². The number of thioether (sulfide) groups is 2. The molecule has 2 bridgehead atoms. The van der Waals surface area contributed by atoms with Crippen LogP contribution in [0, 0.1) is 11.8 Å². The summed E-state index contributed by atoms with van der Waals surface area (Å²) in [5.74, 6) is 2.51. The Morgan fingerprint density at radius 2 is 1.79 bits per heavy atom. The van der Waals surface area contributed by atoms with Crippen molar-refractivity contribution in [1.82, 2.24) is 0 Å². The molecule has 1 aliphatic carbocycles. The van der Waals surface area contributed by atoms with Crippen LogP contribution >= 0.6 is 23.5 Å². The zero-order valence-electron chi connectivity index (χ0n) is 14.7. The minimum atomic E-state index is -0.673. The van der Waals surface area contributed by atoms with Gasteiger partial charge in [-0.2, -0.15) is 23.5 Å². The zero-order chi connectivity index (χ0) is 16.8. The highest BCUT2D eigenvalue weighted by Gasteiger charge is 2.47. The van der Waals surface area contributed by atoms with Gasteiger partial charge < -0.3 is 5.11 Å². The molecule has 0 aromatic heterocycles. The first kappa shape index (κ1) is 18.7. The largest absolute Gasteiger partial charge is 0.481 e. The number of unbranched alkanes of at least 4 members (excludes halogenated alkanes) is 1. The lowest BCUT2D eigenvalue weighted by Crippen LogP contribution is -2.29. The van der Waals surface area contributed by atoms with Crippen LogP contribution in [0.1, 0.15) is 70.6 Å². The van der Waals surface area contributed by atoms with E-state index < -0.39 is 5.97 Å². The number of rotatable bonds is 9. The van der Waals surface area contributed by atoms with Gasteiger partial charge in [0.2, 0.25) is 0 Å². The Morgan fingerprint density at radius 3 is 2.54 bits per heavy atom. The fourth-order valence-corrected chi connectivity index (χ4v) is 8.42. The summed E-state index contributed by atoms with van der Waals surface area (Å²) in [5, 5.41) is 11.5. The van der Waals surface area contributed by atoms with Crippen molar-refractivity contribution in [3.8, 4) is 0 Å². The highest BCUT2D eigenvalue weighted by molar-refractivity contribution is 8.01. The topological polar surface area (TPSA) is 37.3 Å². The zero-order valence-corrected chi connectivity index (χ0v) is 16.3. The van der Waals surface area contributed by atoms with Crippen molar-refractivity contribution >= 4 is 29.5 Å². The quantitative estimate of drug-likeness (QED) is 0.414. The molecule has 2 heterocycles. The Balaban J connectivity index is 1.42. The first-order chi connectivity index (χ1) is 11.7. The van der Waals surface area contributed by atoms with Gasteiger partial charge in [-0.05, 0) is 62.5 Å². The standard InChI is InChI=1S/C20H32O2S2/c21-20(22)11-7-2-1-6-10-16-17(19-13-12-18(16)24-19)14-23-15-8-4-3-5-9-15/h1,6,15-19H,2-5,7-14H2,(H,21,22)/b6-1-/t16-,17+,18-,19+/m1/s1. The normalized spacial score (nSPS) is 33.5. The molecular formula is C20H32O2S2. The summed E-state index contributed by atoms with van der Waals surface area (Å²) >= 11 is 4.57. The van der Waals surface area contributed by atoms with Gasteiger partial charge in [-0.15, -0.1) is 0 Å². The van der Waals surface area contributed by atoms with E-state index in [1.807, 2.05) is 0 Å². The van der Waals surface area contributed by atoms with Gasteiger partial charge in [-0.25, -0.2) is 0 Å². The van der Waals surface area contributed by atoms with Crippen LogP contribution in [0.25, 0.3) is 0 Å². The predicted molar refractivity (Wildman–Crippen MR) is 106 cm³/mol. The van der Waals surface area contributed by atoms with Crippen molar-refractivity contribution in [2.45, 2.75) is 86.4 Å². The molecule has 3 fully saturated rings. The summed E-state index contributed by atoms with van der Waals surface area (Å²) in [6, 6.07) is 0. The second-order valence-corrected chi connectivity index (χ2v) is 10.5. The second-order valence-electron chi connectivity index (χ2n) is 7.70. The summed E-state index contributed by atoms with van der Waals surface area (Å²) < 4.78 is 0. The number of aliphatic carboxylic acids is 1. The van der Waals surface area contributed by atoms with E-state index in [2.05, 4.69) is 35.7 Å². The van der Waals surface area contributed by atoms with Crippen molar-refractivity contribution in [1.29, 1.82) is 0 Å². The maximum Gasteiger partial charge on any atom is 0.303 e. The number of carboxylic acids is 1. The smallest absolute Gasteiger partial charge is 0.303 e. The van der Waals surface area contributed by atoms with E-state index in [0.717, 1.165) is 40.4 Å². The molecule has 0 aromatic rings. The highest BCUT2D eigenvalue weighted by atomic mass is 32.2. The molecule has 4 heteroatoms. The summed E-state index contributed by atoms with van der Waals surface area (Å²) in [5.41, 5.74) is 0. The third-order valence-corrected chi connectivity index (χ3v) is 9.39. The number of fused-ring (bicyclic) bond motifs is 2. The van der Waals surface area contributed by atoms with Crippen molar-refractivity contribution < 1.29 is 9.90 Å². The molecule has 0 amide bonds. The first-order valence-corrected chi connectivity index (χ1v) is 11.9. The molecule has 0 aromatic carbocycles. The molecule has 2 nitrogen and oxygen atoms in total. The average molecular weight is 369 g/mol. The van der Waals surface area contributed by atoms with Gasteiger partial charge in [0.05, 0.1) is 0 Å². The van der Waals surface area contributed by atoms with E-state index in [1.165, 1.54) is 57.1 Å². The van der Waals surface area contributed by atoms with Crippen molar-refractivity contribution in [3.63, 3.8) is 0 Å². The second kappa shape index (κ2) is 9.56. The molecular weight excluding hydrogens is 336 g/mol. The Labute approximate surface area is 155 Å². The fraction of sp³-hybridized carbons (Fsp3) is 0.850. The SMILES string of the molecule is O=C(O)CCC/C=C\C[C@@H]1[C@H](CSC2CCCCC2)[C@@H]2CC[C@H]1S2. The molecule has 2 saturated heterocycles. The van der Waals surface area contributed by atoms with Crippen LogP contribution in [-0.2, 0) is 4.79 Å². The molecule has 2 aliphatic heterocycles. The number of carbonyl (C=O) groups is 1. The summed E-state index contributed by atoms with van der Waals surface area (Å²) in [6.07, 6.45) is 17.9. The van der Waals surface area contributed by atoms with E-state index in [9.17, 15) is 4.79 Å². The van der Waals surface area contributed by atoms with Gasteiger partial charge in [-0.3, -0.25) is 4.79 Å². The van der Waals surface area contributed by atoms with Gasteiger partial charge in [0, 0.05) is 22.2 Å². The van der Waals surface area contributed by atoms with E-state index >= 15 is 0 Å². The van der Waals surface area contributed by atoms with Crippen LogP contribution < -0.4 is 0 Å². The molecule has 24 heavy (non-hydrogen) atoms. The number of hydrogen-bond acceptors (Lipinski definition) is 3. The van der Waals surface area contributed by atoms with E-state index in [-0.39, 0.29) is 0 Å². The molecule has 136 valence electrons. The number of carboxylic acid groups (broad SMARTS) is 1. The van der Waals surface area contributed by atoms with Crippen molar-refractivity contribution in [2.75, 3.05) is 5.75 Å². The Hall–Kier alpha value is -0.0900. The van der Waals surface area contributed by atoms with E-state index in [4.69, 9.17) is 5.11 Å². The number of hydrogen-bond donors (Lipinski definition) is 1. The Bertz CT molecular complexity index is 431. The molecule has 3 aliphatic rings. The maximum absolute atomic E-state index is 10.5. The molecule has 0 spiro atoms. The van der Waals surface area contributed by atoms with Crippen molar-refractivity contribution in [2.24, 2.45) is 11.8 Å². The van der Waals surface area contributed by atoms with Crippen LogP contribution in [0.5, 0.6) is 0 Å². The Kier molecular flexibility index (Phi) is 7.45. The Morgan fingerprint density at radius 1 is 1.04 bits per heavy atom. The fourth-order valence-electron chi connectivity index (χ4n) is 4.65. The molecule has 4 atom stereocenters. The van der Waals surface area contributed by atoms with Crippen LogP contribution in [0.2, 0.25) is 0 Å². The third-order valence-electron chi connectivity index (χ3n) is 6.00. The monoisotopic (exact) mass is 368 g/mol. The minimum absolute atomic E-state index is 0.301. The van der Waals surface area contributed by atoms with Crippen LogP contribution in [0.4, 0.5) is 0 Å². The lowest BCUT2D eigenvalue weighted by Gasteiger charge is -2.31.